The molecule has 2 aromatic carbocycles. The largest absolute Gasteiger partial charge is 0.352 e. The Labute approximate surface area is 216 Å². The summed E-state index contributed by atoms with van der Waals surface area (Å²) in [4.78, 5) is 28.0. The van der Waals surface area contributed by atoms with Gasteiger partial charge in [0.05, 0.1) is 11.9 Å². The molecule has 0 spiro atoms. The van der Waals surface area contributed by atoms with Crippen molar-refractivity contribution in [1.29, 1.82) is 0 Å². The van der Waals surface area contributed by atoms with Gasteiger partial charge in [0.15, 0.2) is 0 Å². The van der Waals surface area contributed by atoms with Crippen molar-refractivity contribution >= 4 is 27.5 Å². The van der Waals surface area contributed by atoms with Gasteiger partial charge in [-0.05, 0) is 75.8 Å². The molecule has 0 bridgehead atoms. The van der Waals surface area contributed by atoms with E-state index in [2.05, 4.69) is 5.32 Å². The predicted octanol–water partition coefficient (Wildman–Crippen LogP) is 4.22. The van der Waals surface area contributed by atoms with Crippen LogP contribution >= 0.6 is 0 Å². The number of nitrogens with zero attached hydrogens (tertiary/aromatic N) is 2. The van der Waals surface area contributed by atoms with Crippen molar-refractivity contribution < 1.29 is 18.0 Å². The van der Waals surface area contributed by atoms with Crippen LogP contribution in [0.1, 0.15) is 56.7 Å². The number of amides is 2. The minimum atomic E-state index is -3.52. The number of carbonyl (C=O) groups excluding carboxylic acids is 2. The maximum atomic E-state index is 13.4. The van der Waals surface area contributed by atoms with Crippen LogP contribution in [-0.2, 0) is 26.0 Å². The van der Waals surface area contributed by atoms with Gasteiger partial charge in [-0.2, -0.15) is 0 Å². The van der Waals surface area contributed by atoms with E-state index in [0.29, 0.717) is 31.5 Å². The molecule has 0 saturated heterocycles. The molecule has 7 nitrogen and oxygen atoms in total. The van der Waals surface area contributed by atoms with Gasteiger partial charge in [-0.15, -0.1) is 0 Å². The van der Waals surface area contributed by atoms with Crippen molar-refractivity contribution in [2.75, 3.05) is 23.7 Å². The summed E-state index contributed by atoms with van der Waals surface area (Å²) in [5, 5.41) is 2.93. The van der Waals surface area contributed by atoms with Crippen molar-refractivity contribution in [3.63, 3.8) is 0 Å². The van der Waals surface area contributed by atoms with Gasteiger partial charge in [-0.1, -0.05) is 43.3 Å². The Morgan fingerprint density at radius 1 is 0.972 bits per heavy atom. The molecular weight excluding hydrogens is 474 g/mol. The molecule has 198 valence electrons. The SMILES string of the molecule is CCC(C(=O)NC(C)C)N(CCc1ccccc1)C(=O)CCCN(c1ccc(C)c(C)c1)S(C)(=O)=O. The van der Waals surface area contributed by atoms with Gasteiger partial charge in [0.1, 0.15) is 6.04 Å². The summed E-state index contributed by atoms with van der Waals surface area (Å²) in [6.07, 6.45) is 2.81. The third-order valence-corrected chi connectivity index (χ3v) is 7.43. The van der Waals surface area contributed by atoms with Gasteiger partial charge >= 0.3 is 0 Å². The summed E-state index contributed by atoms with van der Waals surface area (Å²) >= 11 is 0. The molecule has 1 atom stereocenters. The molecule has 2 amide bonds. The molecule has 0 aliphatic heterocycles. The van der Waals surface area contributed by atoms with Crippen LogP contribution in [0.3, 0.4) is 0 Å². The average molecular weight is 516 g/mol. The Kier molecular flexibility index (Phi) is 11.0. The molecule has 0 saturated carbocycles. The van der Waals surface area contributed by atoms with Crippen LogP contribution in [0.25, 0.3) is 0 Å². The molecule has 2 aromatic rings. The first-order chi connectivity index (χ1) is 16.9. The zero-order chi connectivity index (χ0) is 26.9. The molecule has 1 unspecified atom stereocenters. The molecule has 0 heterocycles. The Hall–Kier alpha value is -2.87. The maximum Gasteiger partial charge on any atom is 0.242 e. The van der Waals surface area contributed by atoms with E-state index in [-0.39, 0.29) is 30.8 Å². The van der Waals surface area contributed by atoms with E-state index in [4.69, 9.17) is 0 Å². The third-order valence-electron chi connectivity index (χ3n) is 6.23. The summed E-state index contributed by atoms with van der Waals surface area (Å²) < 4.78 is 26.4. The second-order valence-electron chi connectivity index (χ2n) is 9.62. The lowest BCUT2D eigenvalue weighted by Gasteiger charge is -2.31. The molecule has 1 N–H and O–H groups in total. The van der Waals surface area contributed by atoms with Crippen LogP contribution in [0.4, 0.5) is 5.69 Å². The number of nitrogens with one attached hydrogen (secondary N) is 1. The first-order valence-electron chi connectivity index (χ1n) is 12.6. The van der Waals surface area contributed by atoms with Gasteiger partial charge in [0.25, 0.3) is 0 Å². The van der Waals surface area contributed by atoms with Gasteiger partial charge < -0.3 is 10.2 Å². The fourth-order valence-electron chi connectivity index (χ4n) is 4.16. The lowest BCUT2D eigenvalue weighted by atomic mass is 10.1. The van der Waals surface area contributed by atoms with Crippen molar-refractivity contribution in [2.45, 2.75) is 72.4 Å². The van der Waals surface area contributed by atoms with Gasteiger partial charge in [-0.25, -0.2) is 8.42 Å². The normalized spacial score (nSPS) is 12.3. The molecular formula is C28H41N3O4S. The van der Waals surface area contributed by atoms with Gasteiger partial charge in [0, 0.05) is 25.6 Å². The Morgan fingerprint density at radius 2 is 1.64 bits per heavy atom. The smallest absolute Gasteiger partial charge is 0.242 e. The highest BCUT2D eigenvalue weighted by molar-refractivity contribution is 7.92. The van der Waals surface area contributed by atoms with Crippen LogP contribution in [-0.4, -0.2) is 56.6 Å². The fourth-order valence-corrected chi connectivity index (χ4v) is 5.12. The minimum Gasteiger partial charge on any atom is -0.352 e. The summed E-state index contributed by atoms with van der Waals surface area (Å²) in [6, 6.07) is 14.8. The Balaban J connectivity index is 2.17. The average Bonchev–Trinajstić information content (AvgIpc) is 2.80. The van der Waals surface area contributed by atoms with E-state index in [1.54, 1.807) is 11.0 Å². The van der Waals surface area contributed by atoms with E-state index in [0.717, 1.165) is 16.7 Å². The highest BCUT2D eigenvalue weighted by Crippen LogP contribution is 2.22. The molecule has 36 heavy (non-hydrogen) atoms. The highest BCUT2D eigenvalue weighted by atomic mass is 32.2. The number of rotatable bonds is 13. The first-order valence-corrected chi connectivity index (χ1v) is 14.5. The third kappa shape index (κ3) is 8.66. The highest BCUT2D eigenvalue weighted by Gasteiger charge is 2.28. The van der Waals surface area contributed by atoms with Crippen LogP contribution in [0.2, 0.25) is 0 Å². The number of hydrogen-bond donors (Lipinski definition) is 1. The van der Waals surface area contributed by atoms with Crippen LogP contribution in [0.15, 0.2) is 48.5 Å². The molecule has 2 rings (SSSR count). The van der Waals surface area contributed by atoms with Gasteiger partial charge in [0.2, 0.25) is 21.8 Å². The zero-order valence-electron chi connectivity index (χ0n) is 22.5. The fraction of sp³-hybridized carbons (Fsp3) is 0.500. The molecule has 0 aliphatic rings. The van der Waals surface area contributed by atoms with Crippen LogP contribution in [0, 0.1) is 13.8 Å². The van der Waals surface area contributed by atoms with Crippen molar-refractivity contribution in [3.8, 4) is 0 Å². The topological polar surface area (TPSA) is 86.8 Å². The summed E-state index contributed by atoms with van der Waals surface area (Å²) in [5.74, 6) is -0.313. The molecule has 0 aromatic heterocycles. The maximum absolute atomic E-state index is 13.4. The number of sulfonamides is 1. The quantitative estimate of drug-likeness (QED) is 0.433. The van der Waals surface area contributed by atoms with Crippen LogP contribution < -0.4 is 9.62 Å². The number of hydrogen-bond acceptors (Lipinski definition) is 4. The predicted molar refractivity (Wildman–Crippen MR) is 147 cm³/mol. The monoisotopic (exact) mass is 515 g/mol. The molecule has 8 heteroatoms. The Bertz CT molecular complexity index is 1120. The molecule has 0 aliphatic carbocycles. The number of aryl methyl sites for hydroxylation is 2. The first kappa shape index (κ1) is 29.4. The van der Waals surface area contributed by atoms with E-state index in [1.807, 2.05) is 77.1 Å². The zero-order valence-corrected chi connectivity index (χ0v) is 23.3. The van der Waals surface area contributed by atoms with Crippen molar-refractivity contribution in [2.24, 2.45) is 0 Å². The van der Waals surface area contributed by atoms with E-state index in [9.17, 15) is 18.0 Å². The standard InChI is InChI=1S/C28H41N3O4S/c1-7-26(28(33)29-21(2)3)30(19-17-24-12-9-8-10-13-24)27(32)14-11-18-31(36(6,34)35)25-16-15-22(4)23(5)20-25/h8-10,12-13,15-16,20-21,26H,7,11,14,17-19H2,1-6H3,(H,29,33). The number of carbonyl (C=O) groups is 2. The van der Waals surface area contributed by atoms with Crippen molar-refractivity contribution in [1.82, 2.24) is 10.2 Å². The Morgan fingerprint density at radius 3 is 2.19 bits per heavy atom. The minimum absolute atomic E-state index is 0.0288. The van der Waals surface area contributed by atoms with Gasteiger partial charge in [-0.3, -0.25) is 13.9 Å². The van der Waals surface area contributed by atoms with E-state index in [1.165, 1.54) is 10.6 Å². The lowest BCUT2D eigenvalue weighted by Crippen LogP contribution is -2.51. The van der Waals surface area contributed by atoms with E-state index < -0.39 is 16.1 Å². The second kappa shape index (κ2) is 13.4. The summed E-state index contributed by atoms with van der Waals surface area (Å²) in [6.45, 7) is 10.2. The summed E-state index contributed by atoms with van der Waals surface area (Å²) in [5.41, 5.74) is 3.78. The summed E-state index contributed by atoms with van der Waals surface area (Å²) in [7, 11) is -3.52. The van der Waals surface area contributed by atoms with Crippen LogP contribution in [0.5, 0.6) is 0 Å². The number of benzene rings is 2. The van der Waals surface area contributed by atoms with E-state index >= 15 is 0 Å². The van der Waals surface area contributed by atoms with Crippen molar-refractivity contribution in [3.05, 3.63) is 65.2 Å². The lowest BCUT2D eigenvalue weighted by molar-refractivity contribution is -0.141. The molecule has 0 radical (unpaired) electrons. The second-order valence-corrected chi connectivity index (χ2v) is 11.5. The molecule has 0 fully saturated rings. The number of anilines is 1.